The van der Waals surface area contributed by atoms with Crippen LogP contribution < -0.4 is 4.74 Å². The van der Waals surface area contributed by atoms with Crippen molar-refractivity contribution in [3.05, 3.63) is 34.7 Å². The Kier molecular flexibility index (Phi) is 3.39. The predicted octanol–water partition coefficient (Wildman–Crippen LogP) is 2.87. The van der Waals surface area contributed by atoms with E-state index in [9.17, 15) is 4.79 Å². The van der Waals surface area contributed by atoms with E-state index in [0.717, 1.165) is 17.7 Å². The lowest BCUT2D eigenvalue weighted by Crippen LogP contribution is -1.98. The molecule has 0 saturated carbocycles. The molecule has 94 valence electrons. The zero-order valence-electron chi connectivity index (χ0n) is 10.4. The highest BCUT2D eigenvalue weighted by atomic mass is 35.5. The number of ether oxygens (including phenoxy) is 1. The highest BCUT2D eigenvalue weighted by Crippen LogP contribution is 2.33. The van der Waals surface area contributed by atoms with Crippen molar-refractivity contribution in [1.29, 1.82) is 0 Å². The van der Waals surface area contributed by atoms with Crippen molar-refractivity contribution in [2.45, 2.75) is 6.92 Å². The van der Waals surface area contributed by atoms with Crippen LogP contribution in [-0.4, -0.2) is 22.9 Å². The van der Waals surface area contributed by atoms with Crippen molar-refractivity contribution < 1.29 is 9.53 Å². The average molecular weight is 265 g/mol. The number of nitrogens with zero attached hydrogens (tertiary/aromatic N) is 2. The molecule has 0 fully saturated rings. The fourth-order valence-electron chi connectivity index (χ4n) is 1.83. The second-order valence-corrected chi connectivity index (χ2v) is 4.35. The van der Waals surface area contributed by atoms with Crippen LogP contribution in [0.25, 0.3) is 11.3 Å². The van der Waals surface area contributed by atoms with Gasteiger partial charge in [-0.2, -0.15) is 0 Å². The van der Waals surface area contributed by atoms with E-state index in [1.165, 1.54) is 0 Å². The van der Waals surface area contributed by atoms with Gasteiger partial charge in [-0.05, 0) is 25.1 Å². The maximum absolute atomic E-state index is 11.2. The van der Waals surface area contributed by atoms with Gasteiger partial charge in [-0.15, -0.1) is 0 Å². The molecule has 0 aliphatic carbocycles. The van der Waals surface area contributed by atoms with Crippen molar-refractivity contribution >= 4 is 17.9 Å². The Morgan fingerprint density at radius 2 is 2.17 bits per heavy atom. The number of aldehydes is 1. The van der Waals surface area contributed by atoms with Crippen molar-refractivity contribution in [3.8, 4) is 17.0 Å². The molecule has 0 amide bonds. The second-order valence-electron chi connectivity index (χ2n) is 3.91. The molecule has 2 aromatic rings. The Morgan fingerprint density at radius 3 is 2.78 bits per heavy atom. The molecule has 18 heavy (non-hydrogen) atoms. The number of carbonyl (C=O) groups is 1. The Morgan fingerprint density at radius 1 is 1.44 bits per heavy atom. The lowest BCUT2D eigenvalue weighted by Gasteiger charge is -2.07. The first-order valence-corrected chi connectivity index (χ1v) is 5.78. The maximum Gasteiger partial charge on any atom is 0.168 e. The van der Waals surface area contributed by atoms with E-state index < -0.39 is 0 Å². The van der Waals surface area contributed by atoms with Crippen LogP contribution in [0.4, 0.5) is 0 Å². The molecule has 0 aliphatic rings. The van der Waals surface area contributed by atoms with Crippen LogP contribution in [0.15, 0.2) is 18.2 Å². The molecule has 1 heterocycles. The van der Waals surface area contributed by atoms with Crippen molar-refractivity contribution in [2.24, 2.45) is 7.05 Å². The summed E-state index contributed by atoms with van der Waals surface area (Å²) in [5.41, 5.74) is 1.81. The molecule has 1 aromatic carbocycles. The van der Waals surface area contributed by atoms with E-state index >= 15 is 0 Å². The molecule has 0 radical (unpaired) electrons. The molecule has 1 aromatic heterocycles. The molecule has 2 rings (SSSR count). The molecule has 0 spiro atoms. The fourth-order valence-corrected chi connectivity index (χ4v) is 2.00. The average Bonchev–Trinajstić information content (AvgIpc) is 2.65. The Labute approximate surface area is 110 Å². The minimum absolute atomic E-state index is 0.507. The van der Waals surface area contributed by atoms with Crippen LogP contribution >= 0.6 is 11.6 Å². The quantitative estimate of drug-likeness (QED) is 0.801. The number of imidazole rings is 1. The van der Waals surface area contributed by atoms with E-state index in [2.05, 4.69) is 4.98 Å². The first kappa shape index (κ1) is 12.6. The minimum atomic E-state index is 0.507. The molecule has 5 heteroatoms. The Hall–Kier alpha value is -1.81. The molecule has 0 aliphatic heterocycles. The molecular formula is C13H13ClN2O2. The van der Waals surface area contributed by atoms with Gasteiger partial charge in [-0.3, -0.25) is 4.79 Å². The minimum Gasteiger partial charge on any atom is -0.496 e. The van der Waals surface area contributed by atoms with Gasteiger partial charge in [0, 0.05) is 17.6 Å². The number of methoxy groups -OCH3 is 1. The first-order valence-electron chi connectivity index (χ1n) is 5.41. The van der Waals surface area contributed by atoms with E-state index in [1.807, 2.05) is 6.92 Å². The first-order chi connectivity index (χ1) is 8.58. The van der Waals surface area contributed by atoms with Crippen LogP contribution in [0.1, 0.15) is 16.3 Å². The predicted molar refractivity (Wildman–Crippen MR) is 70.3 cm³/mol. The summed E-state index contributed by atoms with van der Waals surface area (Å²) >= 11 is 5.99. The molecule has 0 bridgehead atoms. The normalized spacial score (nSPS) is 10.4. The van der Waals surface area contributed by atoms with Gasteiger partial charge in [0.05, 0.1) is 7.11 Å². The fraction of sp³-hybridized carbons (Fsp3) is 0.231. The highest BCUT2D eigenvalue weighted by molar-refractivity contribution is 6.31. The van der Waals surface area contributed by atoms with Crippen molar-refractivity contribution in [2.75, 3.05) is 7.11 Å². The summed E-state index contributed by atoms with van der Waals surface area (Å²) < 4.78 is 7.02. The van der Waals surface area contributed by atoms with Crippen LogP contribution in [0, 0.1) is 6.92 Å². The summed E-state index contributed by atoms with van der Waals surface area (Å²) in [5, 5.41) is 0.575. The maximum atomic E-state index is 11.2. The van der Waals surface area contributed by atoms with Gasteiger partial charge < -0.3 is 9.30 Å². The number of benzene rings is 1. The lowest BCUT2D eigenvalue weighted by atomic mass is 10.1. The van der Waals surface area contributed by atoms with Gasteiger partial charge in [0.25, 0.3) is 0 Å². The zero-order valence-corrected chi connectivity index (χ0v) is 11.2. The summed E-state index contributed by atoms with van der Waals surface area (Å²) in [4.78, 5) is 15.6. The third kappa shape index (κ3) is 1.99. The van der Waals surface area contributed by atoms with E-state index in [4.69, 9.17) is 16.3 Å². The van der Waals surface area contributed by atoms with E-state index in [1.54, 1.807) is 36.9 Å². The monoisotopic (exact) mass is 264 g/mol. The standard InChI is InChI=1S/C13H13ClN2O2/c1-8-15-13(11(7-17)16(8)2)10-6-9(14)4-5-12(10)18-3/h4-7H,1-3H3. The summed E-state index contributed by atoms with van der Waals surface area (Å²) in [6.45, 7) is 1.84. The number of aryl methyl sites for hydroxylation is 1. The number of carbonyl (C=O) groups excluding carboxylic acids is 1. The second kappa shape index (κ2) is 4.82. The summed E-state index contributed by atoms with van der Waals surface area (Å²) in [7, 11) is 3.37. The van der Waals surface area contributed by atoms with Gasteiger partial charge in [0.15, 0.2) is 6.29 Å². The number of hydrogen-bond donors (Lipinski definition) is 0. The molecule has 0 saturated heterocycles. The van der Waals surface area contributed by atoms with Crippen LogP contribution in [0.3, 0.4) is 0 Å². The van der Waals surface area contributed by atoms with Gasteiger partial charge in [-0.1, -0.05) is 11.6 Å². The molecule has 0 N–H and O–H groups in total. The van der Waals surface area contributed by atoms with Gasteiger partial charge >= 0.3 is 0 Å². The SMILES string of the molecule is COc1ccc(Cl)cc1-c1nc(C)n(C)c1C=O. The number of halogens is 1. The number of hydrogen-bond acceptors (Lipinski definition) is 3. The van der Waals surface area contributed by atoms with Crippen LogP contribution in [0.2, 0.25) is 5.02 Å². The number of aromatic nitrogens is 2. The summed E-state index contributed by atoms with van der Waals surface area (Å²) in [6, 6.07) is 5.24. The summed E-state index contributed by atoms with van der Waals surface area (Å²) in [6.07, 6.45) is 0.787. The highest BCUT2D eigenvalue weighted by Gasteiger charge is 2.17. The van der Waals surface area contributed by atoms with Crippen LogP contribution in [-0.2, 0) is 7.05 Å². The van der Waals surface area contributed by atoms with Crippen LogP contribution in [0.5, 0.6) is 5.75 Å². The summed E-state index contributed by atoms with van der Waals surface area (Å²) in [5.74, 6) is 1.40. The van der Waals surface area contributed by atoms with Gasteiger partial charge in [-0.25, -0.2) is 4.98 Å². The Bertz CT molecular complexity index is 605. The van der Waals surface area contributed by atoms with E-state index in [-0.39, 0.29) is 0 Å². The third-order valence-corrected chi connectivity index (χ3v) is 3.13. The molecule has 0 atom stereocenters. The largest absolute Gasteiger partial charge is 0.496 e. The molecular weight excluding hydrogens is 252 g/mol. The topological polar surface area (TPSA) is 44.1 Å². The smallest absolute Gasteiger partial charge is 0.168 e. The Balaban J connectivity index is 2.72. The van der Waals surface area contributed by atoms with Crippen molar-refractivity contribution in [3.63, 3.8) is 0 Å². The zero-order chi connectivity index (χ0) is 13.3. The molecule has 0 unspecified atom stereocenters. The number of rotatable bonds is 3. The van der Waals surface area contributed by atoms with Gasteiger partial charge in [0.1, 0.15) is 23.0 Å². The lowest BCUT2D eigenvalue weighted by molar-refractivity contribution is 0.111. The third-order valence-electron chi connectivity index (χ3n) is 2.89. The van der Waals surface area contributed by atoms with E-state index in [0.29, 0.717) is 22.2 Å². The van der Waals surface area contributed by atoms with Crippen molar-refractivity contribution in [1.82, 2.24) is 9.55 Å². The van der Waals surface area contributed by atoms with Gasteiger partial charge in [0.2, 0.25) is 0 Å². The molecule has 4 nitrogen and oxygen atoms in total.